The number of halogens is 1. The Hall–Kier alpha value is 0.0300. The van der Waals surface area contributed by atoms with Crippen molar-refractivity contribution in [3.63, 3.8) is 0 Å². The first-order chi connectivity index (χ1) is 13.3. The molecule has 0 bridgehead atoms. The largest absolute Gasteiger partial charge is 0.123 e. The fourth-order valence-electron chi connectivity index (χ4n) is 8.64. The first-order valence-corrected chi connectivity index (χ1v) is 13.0. The zero-order valence-corrected chi connectivity index (χ0v) is 20.0. The van der Waals surface area contributed by atoms with Crippen molar-refractivity contribution in [2.24, 2.45) is 46.3 Å². The lowest BCUT2D eigenvalue weighted by Gasteiger charge is -2.58. The van der Waals surface area contributed by atoms with Crippen LogP contribution in [-0.4, -0.2) is 5.38 Å². The normalized spacial score (nSPS) is 46.5. The van der Waals surface area contributed by atoms with Gasteiger partial charge in [0.2, 0.25) is 0 Å². The second kappa shape index (κ2) is 7.94. The predicted molar refractivity (Wildman–Crippen MR) is 123 cm³/mol. The zero-order valence-electron chi connectivity index (χ0n) is 19.3. The van der Waals surface area contributed by atoms with Crippen LogP contribution in [0.2, 0.25) is 0 Å². The molecule has 0 aromatic rings. The maximum Gasteiger partial charge on any atom is 0.0373 e. The van der Waals surface area contributed by atoms with E-state index in [2.05, 4.69) is 40.7 Å². The number of fused-ring (bicyclic) bond motifs is 5. The summed E-state index contributed by atoms with van der Waals surface area (Å²) in [5, 5.41) is 0.396. The molecule has 4 aliphatic carbocycles. The topological polar surface area (TPSA) is 0 Å². The zero-order chi connectivity index (χ0) is 20.1. The van der Waals surface area contributed by atoms with Crippen LogP contribution in [0.25, 0.3) is 0 Å². The van der Waals surface area contributed by atoms with Crippen molar-refractivity contribution in [3.8, 4) is 0 Å². The van der Waals surface area contributed by atoms with Crippen molar-refractivity contribution in [3.05, 3.63) is 11.6 Å². The van der Waals surface area contributed by atoms with Gasteiger partial charge in [0.25, 0.3) is 0 Å². The van der Waals surface area contributed by atoms with Crippen molar-refractivity contribution in [1.29, 1.82) is 0 Å². The number of alkyl halides is 1. The molecule has 4 rings (SSSR count). The number of rotatable bonds is 5. The molecule has 0 aliphatic heterocycles. The Labute approximate surface area is 180 Å². The van der Waals surface area contributed by atoms with Crippen molar-refractivity contribution in [2.45, 2.75) is 111 Å². The highest BCUT2D eigenvalue weighted by Crippen LogP contribution is 2.67. The molecule has 28 heavy (non-hydrogen) atoms. The van der Waals surface area contributed by atoms with Crippen LogP contribution < -0.4 is 0 Å². The Balaban J connectivity index is 1.49. The standard InChI is InChI=1S/C27H45Cl/c1-18(2)7-6-8-19(3)23-11-12-24-22-10-9-20-17-21(28)13-15-26(20,4)25(22)14-16-27(23,24)5/h9,18-19,21-25H,6-8,10-17H2,1-5H3/t19-,21+,22+,23?,24?,25?,26+,27-/m1/s1. The first kappa shape index (κ1) is 21.3. The second-order valence-corrected chi connectivity index (χ2v) is 12.7. The third-order valence-electron chi connectivity index (χ3n) is 10.2. The van der Waals surface area contributed by atoms with Gasteiger partial charge >= 0.3 is 0 Å². The van der Waals surface area contributed by atoms with Crippen LogP contribution in [0, 0.1) is 46.3 Å². The van der Waals surface area contributed by atoms with Gasteiger partial charge in [-0.1, -0.05) is 65.5 Å². The summed E-state index contributed by atoms with van der Waals surface area (Å²) in [5.41, 5.74) is 2.82. The molecule has 160 valence electrons. The Morgan fingerprint density at radius 1 is 1.00 bits per heavy atom. The van der Waals surface area contributed by atoms with Crippen molar-refractivity contribution in [1.82, 2.24) is 0 Å². The van der Waals surface area contributed by atoms with E-state index in [-0.39, 0.29) is 0 Å². The summed E-state index contributed by atoms with van der Waals surface area (Å²) < 4.78 is 0. The molecule has 0 heterocycles. The van der Waals surface area contributed by atoms with E-state index in [0.29, 0.717) is 16.2 Å². The van der Waals surface area contributed by atoms with Gasteiger partial charge in [-0.15, -0.1) is 11.6 Å². The molecule has 3 fully saturated rings. The fourth-order valence-corrected chi connectivity index (χ4v) is 8.92. The van der Waals surface area contributed by atoms with Crippen LogP contribution >= 0.6 is 11.6 Å². The van der Waals surface area contributed by atoms with Gasteiger partial charge in [0.1, 0.15) is 0 Å². The predicted octanol–water partition coefficient (Wildman–Crippen LogP) is 8.64. The van der Waals surface area contributed by atoms with Gasteiger partial charge in [0, 0.05) is 5.38 Å². The Morgan fingerprint density at radius 2 is 1.79 bits per heavy atom. The minimum absolute atomic E-state index is 0.396. The van der Waals surface area contributed by atoms with E-state index >= 15 is 0 Å². The Bertz CT molecular complexity index is 591. The average molecular weight is 405 g/mol. The molecule has 8 atom stereocenters. The van der Waals surface area contributed by atoms with E-state index in [0.717, 1.165) is 35.5 Å². The molecule has 0 spiro atoms. The molecule has 0 saturated heterocycles. The molecule has 0 amide bonds. The molecule has 3 saturated carbocycles. The summed E-state index contributed by atoms with van der Waals surface area (Å²) in [6.07, 6.45) is 18.0. The highest BCUT2D eigenvalue weighted by molar-refractivity contribution is 6.20. The first-order valence-electron chi connectivity index (χ1n) is 12.6. The Kier molecular flexibility index (Phi) is 6.03. The van der Waals surface area contributed by atoms with E-state index in [9.17, 15) is 0 Å². The molecule has 0 radical (unpaired) electrons. The maximum absolute atomic E-state index is 6.56. The quantitative estimate of drug-likeness (QED) is 0.317. The van der Waals surface area contributed by atoms with Crippen LogP contribution in [0.3, 0.4) is 0 Å². The highest BCUT2D eigenvalue weighted by atomic mass is 35.5. The third-order valence-corrected chi connectivity index (χ3v) is 10.6. The van der Waals surface area contributed by atoms with Crippen molar-refractivity contribution in [2.75, 3.05) is 0 Å². The fraction of sp³-hybridized carbons (Fsp3) is 0.926. The van der Waals surface area contributed by atoms with E-state index in [1.807, 2.05) is 0 Å². The summed E-state index contributed by atoms with van der Waals surface area (Å²) in [4.78, 5) is 0. The van der Waals surface area contributed by atoms with Crippen molar-refractivity contribution < 1.29 is 0 Å². The van der Waals surface area contributed by atoms with Crippen LogP contribution in [0.4, 0.5) is 0 Å². The van der Waals surface area contributed by atoms with Crippen molar-refractivity contribution >= 4 is 11.6 Å². The molecule has 0 aromatic heterocycles. The summed E-state index contributed by atoms with van der Waals surface area (Å²) in [5.74, 6) is 5.62. The minimum Gasteiger partial charge on any atom is -0.123 e. The molecule has 0 nitrogen and oxygen atoms in total. The number of hydrogen-bond donors (Lipinski definition) is 0. The van der Waals surface area contributed by atoms with Gasteiger partial charge < -0.3 is 0 Å². The van der Waals surface area contributed by atoms with Gasteiger partial charge in [-0.2, -0.15) is 0 Å². The van der Waals surface area contributed by atoms with Gasteiger partial charge in [-0.05, 0) is 97.7 Å². The van der Waals surface area contributed by atoms with Gasteiger partial charge in [0.05, 0.1) is 0 Å². The van der Waals surface area contributed by atoms with Crippen LogP contribution in [0.1, 0.15) is 105 Å². The molecule has 0 aromatic carbocycles. The summed E-state index contributed by atoms with van der Waals surface area (Å²) in [7, 11) is 0. The highest BCUT2D eigenvalue weighted by Gasteiger charge is 2.58. The monoisotopic (exact) mass is 404 g/mol. The van der Waals surface area contributed by atoms with Gasteiger partial charge in [-0.3, -0.25) is 0 Å². The minimum atomic E-state index is 0.396. The third kappa shape index (κ3) is 3.52. The molecule has 1 heteroatoms. The maximum atomic E-state index is 6.56. The van der Waals surface area contributed by atoms with Gasteiger partial charge in [0.15, 0.2) is 0 Å². The summed E-state index contributed by atoms with van der Waals surface area (Å²) in [6, 6.07) is 0. The summed E-state index contributed by atoms with van der Waals surface area (Å²) >= 11 is 6.56. The molecule has 3 unspecified atom stereocenters. The molecular formula is C27H45Cl. The molecule has 0 N–H and O–H groups in total. The van der Waals surface area contributed by atoms with Crippen LogP contribution in [0.15, 0.2) is 11.6 Å². The molecule has 4 aliphatic rings. The average Bonchev–Trinajstić information content (AvgIpc) is 2.99. The molecular weight excluding hydrogens is 360 g/mol. The number of allylic oxidation sites excluding steroid dienone is 2. The van der Waals surface area contributed by atoms with Crippen LogP contribution in [0.5, 0.6) is 0 Å². The summed E-state index contributed by atoms with van der Waals surface area (Å²) in [6.45, 7) is 12.7. The van der Waals surface area contributed by atoms with E-state index < -0.39 is 0 Å². The van der Waals surface area contributed by atoms with E-state index in [4.69, 9.17) is 11.6 Å². The lowest BCUT2D eigenvalue weighted by Crippen LogP contribution is -2.50. The van der Waals surface area contributed by atoms with E-state index in [1.54, 1.807) is 5.57 Å². The lowest BCUT2D eigenvalue weighted by molar-refractivity contribution is -0.0498. The SMILES string of the molecule is CC(C)CCC[C@@H](C)C1CCC2[C@@H]3CC=C4C[C@@H](Cl)CC[C@]4(C)C3CC[C@@]21C. The lowest BCUT2D eigenvalue weighted by atomic mass is 9.47. The van der Waals surface area contributed by atoms with Gasteiger partial charge in [-0.25, -0.2) is 0 Å². The Morgan fingerprint density at radius 3 is 2.54 bits per heavy atom. The second-order valence-electron chi connectivity index (χ2n) is 12.1. The van der Waals surface area contributed by atoms with Crippen LogP contribution in [-0.2, 0) is 0 Å². The van der Waals surface area contributed by atoms with E-state index in [1.165, 1.54) is 70.6 Å². The smallest absolute Gasteiger partial charge is 0.0373 e. The number of hydrogen-bond acceptors (Lipinski definition) is 0.